The second-order valence-electron chi connectivity index (χ2n) is 6.50. The number of aryl methyl sites for hydroxylation is 2. The van der Waals surface area contributed by atoms with E-state index >= 15 is 0 Å². The molecule has 102 valence electrons. The molecule has 1 aromatic carbocycles. The Kier molecular flexibility index (Phi) is 5.99. The molecule has 0 saturated carbocycles. The lowest BCUT2D eigenvalue weighted by Gasteiger charge is -2.19. The fourth-order valence-electron chi connectivity index (χ4n) is 2.47. The SMILES string of the molecule is CCCc1cc(C[Si](C)(C)C)cc(CCC)c1S. The number of rotatable bonds is 6. The third-order valence-corrected chi connectivity index (χ3v) is 5.14. The second-order valence-corrected chi connectivity index (χ2v) is 12.4. The zero-order chi connectivity index (χ0) is 13.8. The van der Waals surface area contributed by atoms with Crippen LogP contribution in [0.5, 0.6) is 0 Å². The van der Waals surface area contributed by atoms with E-state index in [-0.39, 0.29) is 0 Å². The molecule has 0 atom stereocenters. The average Bonchev–Trinajstić information content (AvgIpc) is 2.23. The van der Waals surface area contributed by atoms with Crippen LogP contribution in [0, 0.1) is 0 Å². The van der Waals surface area contributed by atoms with Crippen LogP contribution in [0.4, 0.5) is 0 Å². The molecule has 2 heteroatoms. The first-order chi connectivity index (χ1) is 8.37. The summed E-state index contributed by atoms with van der Waals surface area (Å²) >= 11 is 4.75. The van der Waals surface area contributed by atoms with Crippen molar-refractivity contribution in [3.63, 3.8) is 0 Å². The first-order valence-electron chi connectivity index (χ1n) is 7.21. The third kappa shape index (κ3) is 4.81. The summed E-state index contributed by atoms with van der Waals surface area (Å²) in [6.45, 7) is 11.8. The highest BCUT2D eigenvalue weighted by atomic mass is 32.1. The summed E-state index contributed by atoms with van der Waals surface area (Å²) in [4.78, 5) is 1.25. The van der Waals surface area contributed by atoms with Crippen LogP contribution >= 0.6 is 12.6 Å². The van der Waals surface area contributed by atoms with Crippen molar-refractivity contribution in [1.82, 2.24) is 0 Å². The van der Waals surface area contributed by atoms with Crippen LogP contribution in [0.25, 0.3) is 0 Å². The van der Waals surface area contributed by atoms with E-state index in [4.69, 9.17) is 12.6 Å². The molecule has 0 nitrogen and oxygen atoms in total. The van der Waals surface area contributed by atoms with Gasteiger partial charge in [0.2, 0.25) is 0 Å². The molecular weight excluding hydrogens is 252 g/mol. The molecule has 0 saturated heterocycles. The maximum atomic E-state index is 4.75. The lowest BCUT2D eigenvalue weighted by atomic mass is 10.0. The fraction of sp³-hybridized carbons (Fsp3) is 0.625. The van der Waals surface area contributed by atoms with Gasteiger partial charge in [0.25, 0.3) is 0 Å². The zero-order valence-electron chi connectivity index (χ0n) is 12.6. The van der Waals surface area contributed by atoms with Gasteiger partial charge in [-0.2, -0.15) is 0 Å². The number of hydrogen-bond acceptors (Lipinski definition) is 1. The van der Waals surface area contributed by atoms with Gasteiger partial charge < -0.3 is 0 Å². The van der Waals surface area contributed by atoms with E-state index in [1.807, 2.05) is 0 Å². The minimum atomic E-state index is -1.03. The van der Waals surface area contributed by atoms with Gasteiger partial charge in [-0.3, -0.25) is 0 Å². The average molecular weight is 281 g/mol. The van der Waals surface area contributed by atoms with Crippen LogP contribution in [0.15, 0.2) is 17.0 Å². The van der Waals surface area contributed by atoms with Crippen molar-refractivity contribution >= 4 is 20.7 Å². The van der Waals surface area contributed by atoms with Crippen LogP contribution in [0.2, 0.25) is 19.6 Å². The van der Waals surface area contributed by atoms with Crippen molar-refractivity contribution in [2.75, 3.05) is 0 Å². The minimum absolute atomic E-state index is 1.03. The quantitative estimate of drug-likeness (QED) is 0.530. The molecule has 0 fully saturated rings. The van der Waals surface area contributed by atoms with Crippen LogP contribution in [-0.4, -0.2) is 8.07 Å². The van der Waals surface area contributed by atoms with Crippen molar-refractivity contribution in [3.8, 4) is 0 Å². The summed E-state index contributed by atoms with van der Waals surface area (Å²) in [5, 5.41) is 0. The standard InChI is InChI=1S/C16H28SSi/c1-6-8-14-10-13(12-18(3,4)5)11-15(9-7-2)16(14)17/h10-11,17H,6-9,12H2,1-5H3. The summed E-state index contributed by atoms with van der Waals surface area (Å²) in [5.41, 5.74) is 4.46. The normalized spacial score (nSPS) is 11.9. The lowest BCUT2D eigenvalue weighted by Crippen LogP contribution is -2.24. The molecule has 0 spiro atoms. The first kappa shape index (κ1) is 15.8. The Hall–Kier alpha value is -0.213. The number of thiol groups is 1. The fourth-order valence-corrected chi connectivity index (χ4v) is 4.25. The number of benzene rings is 1. The predicted molar refractivity (Wildman–Crippen MR) is 88.7 cm³/mol. The van der Waals surface area contributed by atoms with Gasteiger partial charge in [-0.1, -0.05) is 64.0 Å². The summed E-state index contributed by atoms with van der Waals surface area (Å²) in [6, 6.07) is 6.10. The van der Waals surface area contributed by atoms with Crippen molar-refractivity contribution in [2.45, 2.75) is 70.1 Å². The van der Waals surface area contributed by atoms with E-state index in [0.29, 0.717) is 0 Å². The van der Waals surface area contributed by atoms with Gasteiger partial charge in [0.05, 0.1) is 0 Å². The maximum Gasteiger partial charge on any atom is 0.0487 e. The van der Waals surface area contributed by atoms with E-state index < -0.39 is 8.07 Å². The highest BCUT2D eigenvalue weighted by Gasteiger charge is 2.16. The van der Waals surface area contributed by atoms with Crippen LogP contribution in [0.3, 0.4) is 0 Å². The smallest absolute Gasteiger partial charge is 0.0487 e. The Morgan fingerprint density at radius 3 is 1.72 bits per heavy atom. The van der Waals surface area contributed by atoms with Gasteiger partial charge in [0.1, 0.15) is 0 Å². The molecule has 0 aliphatic rings. The molecule has 1 aromatic rings. The second kappa shape index (κ2) is 6.81. The predicted octanol–water partition coefficient (Wildman–Crippen LogP) is 5.30. The highest BCUT2D eigenvalue weighted by molar-refractivity contribution is 7.80. The van der Waals surface area contributed by atoms with E-state index in [0.717, 1.165) is 12.8 Å². The highest BCUT2D eigenvalue weighted by Crippen LogP contribution is 2.26. The van der Waals surface area contributed by atoms with Gasteiger partial charge in [0, 0.05) is 13.0 Å². The lowest BCUT2D eigenvalue weighted by molar-refractivity contribution is 0.856. The van der Waals surface area contributed by atoms with E-state index in [2.05, 4.69) is 45.6 Å². The molecule has 0 N–H and O–H groups in total. The Labute approximate surface area is 120 Å². The molecule has 18 heavy (non-hydrogen) atoms. The topological polar surface area (TPSA) is 0 Å². The summed E-state index contributed by atoms with van der Waals surface area (Å²) < 4.78 is 0. The van der Waals surface area contributed by atoms with Crippen LogP contribution in [0.1, 0.15) is 43.4 Å². The van der Waals surface area contributed by atoms with Crippen molar-refractivity contribution in [3.05, 3.63) is 28.8 Å². The molecule has 0 radical (unpaired) electrons. The molecule has 0 amide bonds. The summed E-state index contributed by atoms with van der Waals surface area (Å²) in [6.07, 6.45) is 4.73. The van der Waals surface area contributed by atoms with E-state index in [1.165, 1.54) is 34.9 Å². The van der Waals surface area contributed by atoms with Gasteiger partial charge in [0.15, 0.2) is 0 Å². The minimum Gasteiger partial charge on any atom is -0.143 e. The first-order valence-corrected chi connectivity index (χ1v) is 11.4. The van der Waals surface area contributed by atoms with Gasteiger partial charge in [-0.05, 0) is 30.0 Å². The molecule has 0 heterocycles. The van der Waals surface area contributed by atoms with Gasteiger partial charge in [-0.25, -0.2) is 0 Å². The molecule has 1 rings (SSSR count). The zero-order valence-corrected chi connectivity index (χ0v) is 14.5. The summed E-state index contributed by atoms with van der Waals surface area (Å²) in [5.74, 6) is 0. The molecule has 0 aliphatic carbocycles. The Morgan fingerprint density at radius 1 is 0.944 bits per heavy atom. The largest absolute Gasteiger partial charge is 0.143 e. The molecule has 0 bridgehead atoms. The monoisotopic (exact) mass is 280 g/mol. The van der Waals surface area contributed by atoms with E-state index in [9.17, 15) is 0 Å². The maximum absolute atomic E-state index is 4.75. The van der Waals surface area contributed by atoms with Crippen molar-refractivity contribution < 1.29 is 0 Å². The van der Waals surface area contributed by atoms with Gasteiger partial charge >= 0.3 is 0 Å². The van der Waals surface area contributed by atoms with Crippen molar-refractivity contribution in [2.24, 2.45) is 0 Å². The van der Waals surface area contributed by atoms with E-state index in [1.54, 1.807) is 5.56 Å². The Morgan fingerprint density at radius 2 is 1.39 bits per heavy atom. The van der Waals surface area contributed by atoms with Crippen LogP contribution < -0.4 is 0 Å². The molecule has 0 aromatic heterocycles. The summed E-state index contributed by atoms with van der Waals surface area (Å²) in [7, 11) is -1.03. The molecular formula is C16H28SSi. The molecule has 0 unspecified atom stereocenters. The molecule has 0 aliphatic heterocycles. The Balaban J connectivity index is 3.11. The van der Waals surface area contributed by atoms with Crippen molar-refractivity contribution in [1.29, 1.82) is 0 Å². The number of hydrogen-bond donors (Lipinski definition) is 1. The van der Waals surface area contributed by atoms with Gasteiger partial charge in [-0.15, -0.1) is 12.6 Å². The Bertz CT molecular complexity index is 364. The van der Waals surface area contributed by atoms with Crippen LogP contribution in [-0.2, 0) is 18.9 Å². The third-order valence-electron chi connectivity index (χ3n) is 3.10.